The zero-order valence-corrected chi connectivity index (χ0v) is 15.2. The third kappa shape index (κ3) is 4.22. The Morgan fingerprint density at radius 3 is 2.07 bits per heavy atom. The summed E-state index contributed by atoms with van der Waals surface area (Å²) in [6.45, 7) is 1.74. The normalized spacial score (nSPS) is 11.3. The summed E-state index contributed by atoms with van der Waals surface area (Å²) < 4.78 is 39.2. The van der Waals surface area contributed by atoms with Crippen molar-refractivity contribution in [2.45, 2.75) is 25.7 Å². The number of aromatic nitrogens is 2. The van der Waals surface area contributed by atoms with Crippen LogP contribution in [0.5, 0.6) is 17.5 Å². The Bertz CT molecular complexity index is 899. The molecule has 0 radical (unpaired) electrons. The molecule has 0 N–H and O–H groups in total. The van der Waals surface area contributed by atoms with Crippen LogP contribution in [0, 0.1) is 0 Å². The quantitative estimate of drug-likeness (QED) is 0.524. The zero-order valence-electron chi connectivity index (χ0n) is 15.2. The molecule has 0 spiro atoms. The van der Waals surface area contributed by atoms with Gasteiger partial charge in [0.1, 0.15) is 5.75 Å². The summed E-state index contributed by atoms with van der Waals surface area (Å²) in [6.07, 6.45) is 3.47. The first kappa shape index (κ1) is 18.8. The summed E-state index contributed by atoms with van der Waals surface area (Å²) in [7, 11) is 1.54. The maximum absolute atomic E-state index is 14.0. The Kier molecular flexibility index (Phi) is 5.64. The van der Waals surface area contributed by atoms with E-state index in [1.165, 1.54) is 31.4 Å². The van der Waals surface area contributed by atoms with Crippen LogP contribution in [0.3, 0.4) is 0 Å². The summed E-state index contributed by atoms with van der Waals surface area (Å²) in [5, 5.41) is 0. The molecule has 0 aliphatic heterocycles. The van der Waals surface area contributed by atoms with Crippen molar-refractivity contribution in [1.29, 1.82) is 0 Å². The number of rotatable bonds is 7. The van der Waals surface area contributed by atoms with Crippen molar-refractivity contribution in [3.05, 3.63) is 66.5 Å². The number of nitrogens with zero attached hydrogens (tertiary/aromatic N) is 2. The SMILES string of the molecule is CCCC(F)(F)c1ccc(Oc2ncccc2-c2cccnc2OC)cc1. The van der Waals surface area contributed by atoms with Crippen LogP contribution in [0.1, 0.15) is 25.3 Å². The molecule has 3 aromatic rings. The van der Waals surface area contributed by atoms with Crippen LogP contribution in [0.4, 0.5) is 8.78 Å². The summed E-state index contributed by atoms with van der Waals surface area (Å²) in [5.41, 5.74) is 1.41. The van der Waals surface area contributed by atoms with E-state index in [2.05, 4.69) is 9.97 Å². The molecule has 2 heterocycles. The van der Waals surface area contributed by atoms with Crippen molar-refractivity contribution in [1.82, 2.24) is 9.97 Å². The lowest BCUT2D eigenvalue weighted by Crippen LogP contribution is -2.12. The first-order chi connectivity index (χ1) is 13.0. The molecule has 27 heavy (non-hydrogen) atoms. The van der Waals surface area contributed by atoms with Crippen molar-refractivity contribution in [3.8, 4) is 28.6 Å². The fourth-order valence-electron chi connectivity index (χ4n) is 2.77. The van der Waals surface area contributed by atoms with Gasteiger partial charge in [-0.05, 0) is 48.5 Å². The lowest BCUT2D eigenvalue weighted by Gasteiger charge is -2.16. The second kappa shape index (κ2) is 8.12. The minimum Gasteiger partial charge on any atom is -0.481 e. The van der Waals surface area contributed by atoms with Gasteiger partial charge in [0.25, 0.3) is 5.92 Å². The van der Waals surface area contributed by atoms with E-state index in [0.29, 0.717) is 29.5 Å². The van der Waals surface area contributed by atoms with E-state index in [1.54, 1.807) is 31.5 Å². The van der Waals surface area contributed by atoms with E-state index in [0.717, 1.165) is 5.56 Å². The number of hydrogen-bond acceptors (Lipinski definition) is 4. The standard InChI is InChI=1S/C21H20F2N2O2/c1-3-12-21(22,23)15-8-10-16(11-9-15)27-20-18(7-5-14-25-20)17-6-4-13-24-19(17)26-2/h4-11,13-14H,3,12H2,1-2H3. The molecule has 0 aliphatic carbocycles. The van der Waals surface area contributed by atoms with E-state index in [-0.39, 0.29) is 12.0 Å². The molecule has 0 saturated heterocycles. The van der Waals surface area contributed by atoms with Crippen molar-refractivity contribution in [2.24, 2.45) is 0 Å². The largest absolute Gasteiger partial charge is 0.481 e. The van der Waals surface area contributed by atoms with Crippen LogP contribution < -0.4 is 9.47 Å². The Morgan fingerprint density at radius 1 is 0.889 bits per heavy atom. The van der Waals surface area contributed by atoms with Crippen LogP contribution in [0.2, 0.25) is 0 Å². The first-order valence-electron chi connectivity index (χ1n) is 8.65. The lowest BCUT2D eigenvalue weighted by molar-refractivity contribution is -0.0140. The molecule has 0 aliphatic rings. The van der Waals surface area contributed by atoms with Gasteiger partial charge in [0.2, 0.25) is 11.8 Å². The van der Waals surface area contributed by atoms with Crippen LogP contribution in [0.25, 0.3) is 11.1 Å². The highest BCUT2D eigenvalue weighted by Gasteiger charge is 2.30. The van der Waals surface area contributed by atoms with Crippen molar-refractivity contribution in [3.63, 3.8) is 0 Å². The maximum Gasteiger partial charge on any atom is 0.273 e. The molecule has 0 unspecified atom stereocenters. The van der Waals surface area contributed by atoms with Gasteiger partial charge in [0.15, 0.2) is 0 Å². The zero-order chi connectivity index (χ0) is 19.3. The highest BCUT2D eigenvalue weighted by molar-refractivity contribution is 5.73. The van der Waals surface area contributed by atoms with Gasteiger partial charge in [0.05, 0.1) is 7.11 Å². The van der Waals surface area contributed by atoms with Crippen LogP contribution in [-0.2, 0) is 5.92 Å². The third-order valence-electron chi connectivity index (χ3n) is 4.08. The van der Waals surface area contributed by atoms with E-state index in [9.17, 15) is 8.78 Å². The fourth-order valence-corrected chi connectivity index (χ4v) is 2.77. The molecule has 1 aromatic carbocycles. The predicted molar refractivity (Wildman–Crippen MR) is 99.3 cm³/mol. The van der Waals surface area contributed by atoms with Crippen molar-refractivity contribution < 1.29 is 18.3 Å². The van der Waals surface area contributed by atoms with Crippen LogP contribution >= 0.6 is 0 Å². The number of hydrogen-bond donors (Lipinski definition) is 0. The number of alkyl halides is 2. The smallest absolute Gasteiger partial charge is 0.273 e. The lowest BCUT2D eigenvalue weighted by atomic mass is 10.0. The summed E-state index contributed by atoms with van der Waals surface area (Å²) in [5.74, 6) is -1.62. The second-order valence-corrected chi connectivity index (χ2v) is 6.00. The molecule has 0 fully saturated rings. The third-order valence-corrected chi connectivity index (χ3v) is 4.08. The van der Waals surface area contributed by atoms with Gasteiger partial charge in [-0.1, -0.05) is 13.3 Å². The fraction of sp³-hybridized carbons (Fsp3) is 0.238. The number of halogens is 2. The number of methoxy groups -OCH3 is 1. The number of ether oxygens (including phenoxy) is 2. The minimum atomic E-state index is -2.84. The second-order valence-electron chi connectivity index (χ2n) is 6.00. The van der Waals surface area contributed by atoms with E-state index in [1.807, 2.05) is 12.1 Å². The Morgan fingerprint density at radius 2 is 1.48 bits per heavy atom. The molecule has 0 saturated carbocycles. The molecular formula is C21H20F2N2O2. The molecular weight excluding hydrogens is 350 g/mol. The van der Waals surface area contributed by atoms with Gasteiger partial charge < -0.3 is 9.47 Å². The molecule has 4 nitrogen and oxygen atoms in total. The number of benzene rings is 1. The molecule has 0 bridgehead atoms. The highest BCUT2D eigenvalue weighted by atomic mass is 19.3. The van der Waals surface area contributed by atoms with Gasteiger partial charge >= 0.3 is 0 Å². The van der Waals surface area contributed by atoms with Gasteiger partial charge in [-0.15, -0.1) is 0 Å². The van der Waals surface area contributed by atoms with Crippen LogP contribution in [-0.4, -0.2) is 17.1 Å². The topological polar surface area (TPSA) is 44.2 Å². The average molecular weight is 370 g/mol. The van der Waals surface area contributed by atoms with Crippen LogP contribution in [0.15, 0.2) is 60.9 Å². The van der Waals surface area contributed by atoms with Gasteiger partial charge in [-0.2, -0.15) is 0 Å². The summed E-state index contributed by atoms with van der Waals surface area (Å²) in [6, 6.07) is 13.1. The van der Waals surface area contributed by atoms with Crippen molar-refractivity contribution in [2.75, 3.05) is 7.11 Å². The predicted octanol–water partition coefficient (Wildman–Crippen LogP) is 5.84. The van der Waals surface area contributed by atoms with Gasteiger partial charge in [-0.25, -0.2) is 18.7 Å². The van der Waals surface area contributed by atoms with Gasteiger partial charge in [0, 0.05) is 35.5 Å². The van der Waals surface area contributed by atoms with Crippen molar-refractivity contribution >= 4 is 0 Å². The number of pyridine rings is 2. The Labute approximate surface area is 156 Å². The highest BCUT2D eigenvalue weighted by Crippen LogP contribution is 2.37. The molecule has 0 amide bonds. The first-order valence-corrected chi connectivity index (χ1v) is 8.65. The van der Waals surface area contributed by atoms with E-state index in [4.69, 9.17) is 9.47 Å². The maximum atomic E-state index is 14.0. The molecule has 140 valence electrons. The Hall–Kier alpha value is -3.02. The molecule has 6 heteroatoms. The molecule has 2 aromatic heterocycles. The minimum absolute atomic E-state index is 0.0214. The van der Waals surface area contributed by atoms with Gasteiger partial charge in [-0.3, -0.25) is 0 Å². The molecule has 3 rings (SSSR count). The van der Waals surface area contributed by atoms with E-state index < -0.39 is 5.92 Å². The summed E-state index contributed by atoms with van der Waals surface area (Å²) in [4.78, 5) is 8.46. The molecule has 0 atom stereocenters. The monoisotopic (exact) mass is 370 g/mol. The average Bonchev–Trinajstić information content (AvgIpc) is 2.69. The Balaban J connectivity index is 1.89. The van der Waals surface area contributed by atoms with E-state index >= 15 is 0 Å². The summed E-state index contributed by atoms with van der Waals surface area (Å²) >= 11 is 0.